The monoisotopic (exact) mass is 1000 g/mol. The Hall–Kier alpha value is -4.94. The van der Waals surface area contributed by atoms with Crippen molar-refractivity contribution in [3.63, 3.8) is 0 Å². The van der Waals surface area contributed by atoms with E-state index in [9.17, 15) is 14.4 Å². The highest BCUT2D eigenvalue weighted by atomic mass is 35.5. The molecule has 4 aromatic carbocycles. The molecule has 3 saturated heterocycles. The number of nitrogens with zero attached hydrogens (tertiary/aromatic N) is 3. The Balaban J connectivity index is 0.000000190. The molecule has 0 bridgehead atoms. The number of carbonyl (C=O) groups is 3. The highest BCUT2D eigenvalue weighted by Crippen LogP contribution is 2.38. The predicted octanol–water partition coefficient (Wildman–Crippen LogP) is 7.05. The summed E-state index contributed by atoms with van der Waals surface area (Å²) in [5.74, 6) is 2.56. The lowest BCUT2D eigenvalue weighted by atomic mass is 9.79. The Morgan fingerprint density at radius 1 is 0.778 bits per heavy atom. The second kappa shape index (κ2) is 24.4. The van der Waals surface area contributed by atoms with Gasteiger partial charge in [0.15, 0.2) is 11.5 Å². The Bertz CT molecular complexity index is 2440. The fraction of sp³-hybridized carbons (Fsp3) is 0.550. The quantitative estimate of drug-likeness (QED) is 0.138. The lowest BCUT2D eigenvalue weighted by Gasteiger charge is -2.52. The third-order valence-electron chi connectivity index (χ3n) is 16.7. The minimum atomic E-state index is -0.696. The molecule has 388 valence electrons. The number of carbonyl (C=O) groups excluding carboxylic acids is 3. The number of benzene rings is 4. The second-order valence-electron chi connectivity index (χ2n) is 22.2. The van der Waals surface area contributed by atoms with Crippen LogP contribution in [0.3, 0.4) is 0 Å². The number of hydrogen-bond donors (Lipinski definition) is 2. The fourth-order valence-corrected chi connectivity index (χ4v) is 12.3. The standard InChI is InChI=1S/C32H38N2O2.C28H41N3O4.ClH/c1-23-4-8-25(9-5-23)27-12-10-26-11-13-28(21-29(26)20-27)32(35)33-30-14-6-24(7-15-30)22-34(2,3)31-16-18-36-19-17-31;1-2-3-13-31-26(32)23(18-21-7-5-4-6-8-21)29-27(33)28(31)11-14-30(15-12-28)20-22-9-10-24-25(19-22)35-17-16-34-24;/h4-10,12,14-15,20,28,31H,11,13,16-19,21-22H2,1-3H3;9-10,19,21,23H,2-8,11-18,20H2,1H3,(H,29,33);1H. The summed E-state index contributed by atoms with van der Waals surface area (Å²) in [6, 6.07) is 30.3. The van der Waals surface area contributed by atoms with Gasteiger partial charge < -0.3 is 46.6 Å². The molecule has 2 unspecified atom stereocenters. The molecule has 4 heterocycles. The van der Waals surface area contributed by atoms with Crippen LogP contribution in [-0.2, 0) is 45.1 Å². The van der Waals surface area contributed by atoms with E-state index in [0.717, 1.165) is 112 Å². The molecule has 72 heavy (non-hydrogen) atoms. The van der Waals surface area contributed by atoms with E-state index in [1.165, 1.54) is 71.0 Å². The Morgan fingerprint density at radius 3 is 2.19 bits per heavy atom. The third kappa shape index (κ3) is 12.9. The number of aryl methyl sites for hydroxylation is 2. The normalized spacial score (nSPS) is 21.4. The maximum absolute atomic E-state index is 13.7. The van der Waals surface area contributed by atoms with Gasteiger partial charge in [-0.3, -0.25) is 19.3 Å². The number of halogens is 1. The first-order chi connectivity index (χ1) is 34.5. The van der Waals surface area contributed by atoms with Crippen molar-refractivity contribution < 1.29 is 45.5 Å². The summed E-state index contributed by atoms with van der Waals surface area (Å²) in [4.78, 5) is 44.9. The van der Waals surface area contributed by atoms with Crippen molar-refractivity contribution in [1.82, 2.24) is 15.1 Å². The lowest BCUT2D eigenvalue weighted by Crippen LogP contribution is -3.00. The molecule has 2 N–H and O–H groups in total. The van der Waals surface area contributed by atoms with Gasteiger partial charge in [0.05, 0.1) is 33.4 Å². The van der Waals surface area contributed by atoms with Gasteiger partial charge in [0.25, 0.3) is 0 Å². The summed E-state index contributed by atoms with van der Waals surface area (Å²) in [5, 5.41) is 6.39. The SMILES string of the molecule is CCCCN1C(=O)C(CC2CCCCC2)NC(=O)C12CCN(Cc1ccc3c(c1)OCCO3)CC2.Cc1ccc(-c2ccc3c(c2)CC(C(=O)Nc2ccc(C[N+](C)(C)C4CCOCC4)cc2)CC3)cc1.[Cl-]. The molecule has 2 aliphatic carbocycles. The van der Waals surface area contributed by atoms with Crippen LogP contribution in [0.2, 0.25) is 0 Å². The zero-order valence-electron chi connectivity index (χ0n) is 43.5. The molecule has 12 heteroatoms. The zero-order valence-corrected chi connectivity index (χ0v) is 44.3. The summed E-state index contributed by atoms with van der Waals surface area (Å²) in [6.45, 7) is 11.3. The van der Waals surface area contributed by atoms with Crippen molar-refractivity contribution in [3.05, 3.63) is 113 Å². The Morgan fingerprint density at radius 2 is 1.47 bits per heavy atom. The number of piperazine rings is 1. The van der Waals surface area contributed by atoms with E-state index in [1.54, 1.807) is 0 Å². The lowest BCUT2D eigenvalue weighted by molar-refractivity contribution is -0.929. The molecule has 1 spiro atoms. The van der Waals surface area contributed by atoms with Gasteiger partial charge in [0.2, 0.25) is 17.7 Å². The van der Waals surface area contributed by atoms with Crippen LogP contribution < -0.4 is 32.5 Å². The van der Waals surface area contributed by atoms with Gasteiger partial charge in [0, 0.05) is 56.2 Å². The number of piperidine rings is 1. The fourth-order valence-electron chi connectivity index (χ4n) is 12.3. The summed E-state index contributed by atoms with van der Waals surface area (Å²) >= 11 is 0. The molecule has 6 aliphatic rings. The summed E-state index contributed by atoms with van der Waals surface area (Å²) in [6.07, 6.45) is 15.2. The number of quaternary nitrogens is 1. The summed E-state index contributed by atoms with van der Waals surface area (Å²) < 4.78 is 17.9. The minimum absolute atomic E-state index is 0. The van der Waals surface area contributed by atoms with Crippen molar-refractivity contribution in [1.29, 1.82) is 0 Å². The van der Waals surface area contributed by atoms with E-state index in [4.69, 9.17) is 14.2 Å². The van der Waals surface area contributed by atoms with Crippen LogP contribution in [0.15, 0.2) is 84.9 Å². The minimum Gasteiger partial charge on any atom is -1.00 e. The van der Waals surface area contributed by atoms with Gasteiger partial charge in [-0.2, -0.15) is 0 Å². The first-order valence-electron chi connectivity index (χ1n) is 27.2. The molecule has 10 rings (SSSR count). The average Bonchev–Trinajstić information content (AvgIpc) is 3.39. The van der Waals surface area contributed by atoms with Crippen LogP contribution in [0.5, 0.6) is 11.5 Å². The molecule has 4 aromatic rings. The predicted molar refractivity (Wildman–Crippen MR) is 281 cm³/mol. The van der Waals surface area contributed by atoms with Crippen molar-refractivity contribution in [2.45, 2.75) is 141 Å². The Labute approximate surface area is 435 Å². The number of anilines is 1. The maximum atomic E-state index is 13.7. The van der Waals surface area contributed by atoms with Gasteiger partial charge in [0.1, 0.15) is 31.3 Å². The first-order valence-corrected chi connectivity index (χ1v) is 27.2. The summed E-state index contributed by atoms with van der Waals surface area (Å²) in [7, 11) is 4.63. The van der Waals surface area contributed by atoms with E-state index in [1.807, 2.05) is 11.0 Å². The van der Waals surface area contributed by atoms with Crippen LogP contribution in [0.25, 0.3) is 11.1 Å². The Kier molecular flexibility index (Phi) is 18.1. The van der Waals surface area contributed by atoms with E-state index >= 15 is 0 Å². The molecule has 1 saturated carbocycles. The van der Waals surface area contributed by atoms with Crippen LogP contribution in [0.4, 0.5) is 5.69 Å². The van der Waals surface area contributed by atoms with Gasteiger partial charge >= 0.3 is 0 Å². The largest absolute Gasteiger partial charge is 1.00 e. The number of unbranched alkanes of at least 4 members (excludes halogenated alkanes) is 1. The molecular weight excluding hydrogens is 922 g/mol. The summed E-state index contributed by atoms with van der Waals surface area (Å²) in [5.41, 5.74) is 9.10. The molecule has 11 nitrogen and oxygen atoms in total. The molecule has 0 aromatic heterocycles. The number of likely N-dealkylation sites (tertiary alicyclic amines) is 1. The van der Waals surface area contributed by atoms with Crippen molar-refractivity contribution >= 4 is 23.4 Å². The van der Waals surface area contributed by atoms with E-state index in [0.29, 0.717) is 44.6 Å². The number of amides is 3. The number of rotatable bonds is 13. The third-order valence-corrected chi connectivity index (χ3v) is 16.7. The topological polar surface area (TPSA) is 109 Å². The van der Waals surface area contributed by atoms with E-state index < -0.39 is 5.54 Å². The van der Waals surface area contributed by atoms with Gasteiger partial charge in [-0.1, -0.05) is 112 Å². The number of nitrogens with one attached hydrogen (secondary N) is 2. The molecule has 0 radical (unpaired) electrons. The average molecular weight is 1000 g/mol. The van der Waals surface area contributed by atoms with Crippen molar-refractivity contribution in [2.75, 3.05) is 65.5 Å². The molecule has 3 amide bonds. The maximum Gasteiger partial charge on any atom is 0.246 e. The number of fused-ring (bicyclic) bond motifs is 2. The highest BCUT2D eigenvalue weighted by molar-refractivity contribution is 6.00. The second-order valence-corrected chi connectivity index (χ2v) is 22.2. The number of ether oxygens (including phenoxy) is 3. The van der Waals surface area contributed by atoms with Crippen LogP contribution in [-0.4, -0.2) is 110 Å². The van der Waals surface area contributed by atoms with E-state index in [-0.39, 0.29) is 42.1 Å². The number of hydrogen-bond acceptors (Lipinski definition) is 7. The van der Waals surface area contributed by atoms with Crippen molar-refractivity contribution in [2.24, 2.45) is 11.8 Å². The zero-order chi connectivity index (χ0) is 49.4. The molecule has 2 atom stereocenters. The van der Waals surface area contributed by atoms with Gasteiger partial charge in [-0.05, 0) is 110 Å². The molecule has 4 aliphatic heterocycles. The molecular formula is C60H80ClN5O6. The molecule has 4 fully saturated rings. The first kappa shape index (κ1) is 53.4. The van der Waals surface area contributed by atoms with Crippen LogP contribution in [0.1, 0.15) is 118 Å². The van der Waals surface area contributed by atoms with Crippen molar-refractivity contribution in [3.8, 4) is 22.6 Å². The highest BCUT2D eigenvalue weighted by Gasteiger charge is 2.53. The van der Waals surface area contributed by atoms with Gasteiger partial charge in [-0.15, -0.1) is 0 Å². The van der Waals surface area contributed by atoms with Crippen LogP contribution >= 0.6 is 0 Å². The smallest absolute Gasteiger partial charge is 0.246 e. The van der Waals surface area contributed by atoms with E-state index in [2.05, 4.69) is 122 Å². The van der Waals surface area contributed by atoms with Gasteiger partial charge in [-0.25, -0.2) is 0 Å². The van der Waals surface area contributed by atoms with Crippen LogP contribution in [0, 0.1) is 18.8 Å².